The van der Waals surface area contributed by atoms with Crippen molar-refractivity contribution in [2.45, 2.75) is 45.3 Å². The predicted molar refractivity (Wildman–Crippen MR) is 131 cm³/mol. The van der Waals surface area contributed by atoms with Gasteiger partial charge in [-0.05, 0) is 71.0 Å². The fourth-order valence-corrected chi connectivity index (χ4v) is 3.87. The summed E-state index contributed by atoms with van der Waals surface area (Å²) in [5.74, 6) is 1.10. The Bertz CT molecular complexity index is 820. The molecule has 2 fully saturated rings. The van der Waals surface area contributed by atoms with Crippen molar-refractivity contribution in [2.24, 2.45) is 0 Å². The third kappa shape index (κ3) is 8.29. The second-order valence-corrected chi connectivity index (χ2v) is 9.28. The van der Waals surface area contributed by atoms with Gasteiger partial charge in [-0.15, -0.1) is 0 Å². The SMILES string of the molecule is CC(C)(C)OC(=O)N1CCCNCC1c1ccccn1.c1ccc(N2CCCNCC2)nc1. The van der Waals surface area contributed by atoms with Crippen LogP contribution in [0.3, 0.4) is 0 Å². The number of aromatic nitrogens is 2. The number of carbonyl (C=O) groups excluding carboxylic acids is 1. The van der Waals surface area contributed by atoms with E-state index in [2.05, 4.69) is 31.6 Å². The lowest BCUT2D eigenvalue weighted by atomic mass is 10.1. The molecule has 0 aromatic carbocycles. The van der Waals surface area contributed by atoms with Gasteiger partial charge in [0.05, 0.1) is 11.7 Å². The quantitative estimate of drug-likeness (QED) is 0.721. The van der Waals surface area contributed by atoms with Gasteiger partial charge in [-0.2, -0.15) is 0 Å². The zero-order valence-electron chi connectivity index (χ0n) is 20.2. The number of anilines is 1. The van der Waals surface area contributed by atoms with E-state index in [0.717, 1.165) is 50.7 Å². The molecule has 2 aliphatic rings. The molecule has 2 aromatic rings. The molecule has 0 aliphatic carbocycles. The maximum atomic E-state index is 12.4. The van der Waals surface area contributed by atoms with Gasteiger partial charge in [0.15, 0.2) is 0 Å². The fourth-order valence-electron chi connectivity index (χ4n) is 3.87. The zero-order valence-corrected chi connectivity index (χ0v) is 20.2. The summed E-state index contributed by atoms with van der Waals surface area (Å²) < 4.78 is 5.52. The Balaban J connectivity index is 0.000000203. The molecule has 2 aliphatic heterocycles. The van der Waals surface area contributed by atoms with Crippen LogP contribution in [0.4, 0.5) is 10.6 Å². The van der Waals surface area contributed by atoms with Gasteiger partial charge in [0.1, 0.15) is 11.4 Å². The summed E-state index contributed by atoms with van der Waals surface area (Å²) in [7, 11) is 0. The molecule has 4 rings (SSSR count). The Kier molecular flexibility index (Phi) is 9.45. The van der Waals surface area contributed by atoms with Crippen molar-refractivity contribution in [3.63, 3.8) is 0 Å². The van der Waals surface area contributed by atoms with E-state index in [1.807, 2.05) is 57.3 Å². The lowest BCUT2D eigenvalue weighted by molar-refractivity contribution is 0.0170. The minimum atomic E-state index is -0.481. The maximum absolute atomic E-state index is 12.4. The van der Waals surface area contributed by atoms with E-state index in [1.165, 1.54) is 6.42 Å². The van der Waals surface area contributed by atoms with E-state index in [9.17, 15) is 4.79 Å². The van der Waals surface area contributed by atoms with E-state index in [-0.39, 0.29) is 12.1 Å². The van der Waals surface area contributed by atoms with Crippen molar-refractivity contribution < 1.29 is 9.53 Å². The minimum Gasteiger partial charge on any atom is -0.444 e. The molecule has 0 saturated carbocycles. The topological polar surface area (TPSA) is 82.6 Å². The maximum Gasteiger partial charge on any atom is 0.410 e. The molecular weight excluding hydrogens is 416 g/mol. The summed E-state index contributed by atoms with van der Waals surface area (Å²) >= 11 is 0. The summed E-state index contributed by atoms with van der Waals surface area (Å²) in [5, 5.41) is 6.73. The highest BCUT2D eigenvalue weighted by Gasteiger charge is 2.31. The average molecular weight is 455 g/mol. The first-order chi connectivity index (χ1) is 15.9. The van der Waals surface area contributed by atoms with Crippen molar-refractivity contribution in [3.8, 4) is 0 Å². The van der Waals surface area contributed by atoms with E-state index in [4.69, 9.17) is 4.74 Å². The van der Waals surface area contributed by atoms with E-state index in [0.29, 0.717) is 13.1 Å². The Morgan fingerprint density at radius 2 is 1.67 bits per heavy atom. The molecule has 1 atom stereocenters. The third-order valence-corrected chi connectivity index (χ3v) is 5.44. The lowest BCUT2D eigenvalue weighted by Crippen LogP contribution is -2.41. The summed E-state index contributed by atoms with van der Waals surface area (Å²) in [5.41, 5.74) is 0.415. The van der Waals surface area contributed by atoms with Gasteiger partial charge in [-0.1, -0.05) is 12.1 Å². The molecule has 1 unspecified atom stereocenters. The Morgan fingerprint density at radius 3 is 2.36 bits per heavy atom. The normalized spacial score (nSPS) is 19.5. The second kappa shape index (κ2) is 12.5. The number of nitrogens with zero attached hydrogens (tertiary/aromatic N) is 4. The van der Waals surface area contributed by atoms with Crippen LogP contribution >= 0.6 is 0 Å². The second-order valence-electron chi connectivity index (χ2n) is 9.28. The van der Waals surface area contributed by atoms with Crippen LogP contribution in [0.25, 0.3) is 0 Å². The van der Waals surface area contributed by atoms with Gasteiger partial charge in [0, 0.05) is 45.1 Å². The predicted octanol–water partition coefficient (Wildman–Crippen LogP) is 3.23. The van der Waals surface area contributed by atoms with Crippen LogP contribution in [-0.2, 0) is 4.74 Å². The molecule has 0 radical (unpaired) electrons. The molecule has 33 heavy (non-hydrogen) atoms. The Labute approximate surface area is 197 Å². The summed E-state index contributed by atoms with van der Waals surface area (Å²) in [6.45, 7) is 12.3. The highest BCUT2D eigenvalue weighted by molar-refractivity contribution is 5.69. The molecule has 2 N–H and O–H groups in total. The minimum absolute atomic E-state index is 0.0754. The fraction of sp³-hybridized carbons (Fsp3) is 0.560. The highest BCUT2D eigenvalue weighted by atomic mass is 16.6. The van der Waals surface area contributed by atoms with E-state index in [1.54, 1.807) is 11.1 Å². The van der Waals surface area contributed by atoms with E-state index < -0.39 is 5.60 Å². The van der Waals surface area contributed by atoms with Gasteiger partial charge >= 0.3 is 6.09 Å². The number of hydrogen-bond donors (Lipinski definition) is 2. The highest BCUT2D eigenvalue weighted by Crippen LogP contribution is 2.23. The lowest BCUT2D eigenvalue weighted by Gasteiger charge is -2.31. The van der Waals surface area contributed by atoms with Crippen LogP contribution in [0, 0.1) is 0 Å². The van der Waals surface area contributed by atoms with Crippen LogP contribution < -0.4 is 15.5 Å². The molecular formula is C25H38N6O2. The van der Waals surface area contributed by atoms with Crippen molar-refractivity contribution >= 4 is 11.9 Å². The molecule has 4 heterocycles. The van der Waals surface area contributed by atoms with Crippen molar-refractivity contribution in [3.05, 3.63) is 54.5 Å². The van der Waals surface area contributed by atoms with Crippen LogP contribution in [0.5, 0.6) is 0 Å². The van der Waals surface area contributed by atoms with Crippen molar-refractivity contribution in [1.29, 1.82) is 0 Å². The zero-order chi connectivity index (χ0) is 23.5. The number of nitrogens with one attached hydrogen (secondary N) is 2. The number of ether oxygens (including phenoxy) is 1. The van der Waals surface area contributed by atoms with Gasteiger partial charge in [0.2, 0.25) is 0 Å². The monoisotopic (exact) mass is 454 g/mol. The largest absolute Gasteiger partial charge is 0.444 e. The molecule has 1 amide bonds. The molecule has 8 nitrogen and oxygen atoms in total. The molecule has 8 heteroatoms. The van der Waals surface area contributed by atoms with Crippen molar-refractivity contribution in [1.82, 2.24) is 25.5 Å². The van der Waals surface area contributed by atoms with Crippen LogP contribution in [0.2, 0.25) is 0 Å². The number of rotatable bonds is 2. The van der Waals surface area contributed by atoms with Gasteiger partial charge in [-0.25, -0.2) is 9.78 Å². The van der Waals surface area contributed by atoms with E-state index >= 15 is 0 Å². The van der Waals surface area contributed by atoms with Gasteiger partial charge in [0.25, 0.3) is 0 Å². The first-order valence-corrected chi connectivity index (χ1v) is 11.9. The molecule has 2 aromatic heterocycles. The number of amides is 1. The number of pyridine rings is 2. The number of carbonyl (C=O) groups is 1. The van der Waals surface area contributed by atoms with Gasteiger partial charge < -0.3 is 20.3 Å². The van der Waals surface area contributed by atoms with Crippen LogP contribution in [0.15, 0.2) is 48.8 Å². The first-order valence-electron chi connectivity index (χ1n) is 11.9. The van der Waals surface area contributed by atoms with Gasteiger partial charge in [-0.3, -0.25) is 9.88 Å². The standard InChI is InChI=1S/C15H23N3O2.C10H15N3/c1-15(2,3)20-14(19)18-10-6-8-16-11-13(18)12-7-4-5-9-17-12;1-2-6-12-10(4-1)13-8-3-5-11-7-9-13/h4-5,7,9,13,16H,6,8,10-11H2,1-3H3;1-2,4,6,11H,3,5,7-9H2. The third-order valence-electron chi connectivity index (χ3n) is 5.44. The summed E-state index contributed by atoms with van der Waals surface area (Å²) in [6, 6.07) is 11.8. The molecule has 0 bridgehead atoms. The smallest absolute Gasteiger partial charge is 0.410 e. The number of hydrogen-bond acceptors (Lipinski definition) is 7. The Morgan fingerprint density at radius 1 is 0.939 bits per heavy atom. The summed E-state index contributed by atoms with van der Waals surface area (Å²) in [6.07, 6.45) is 5.47. The van der Waals surface area contributed by atoms with Crippen molar-refractivity contribution in [2.75, 3.05) is 50.7 Å². The molecule has 2 saturated heterocycles. The van der Waals surface area contributed by atoms with Crippen LogP contribution in [-0.4, -0.2) is 72.4 Å². The first kappa shape index (κ1) is 24.9. The van der Waals surface area contributed by atoms with Crippen LogP contribution in [0.1, 0.15) is 45.3 Å². The summed E-state index contributed by atoms with van der Waals surface area (Å²) in [4.78, 5) is 25.2. The molecule has 180 valence electrons. The Hall–Kier alpha value is -2.71. The molecule has 0 spiro atoms. The average Bonchev–Trinajstić information content (AvgIpc) is 3.23.